The van der Waals surface area contributed by atoms with Crippen molar-refractivity contribution in [2.24, 2.45) is 0 Å². The van der Waals surface area contributed by atoms with Gasteiger partial charge in [-0.25, -0.2) is 0 Å². The van der Waals surface area contributed by atoms with Crippen LogP contribution in [0.3, 0.4) is 0 Å². The summed E-state index contributed by atoms with van der Waals surface area (Å²) >= 11 is 0. The first-order chi connectivity index (χ1) is 25.3. The average molecular weight is 651 g/mol. The molecule has 2 aromatic heterocycles. The lowest BCUT2D eigenvalue weighted by molar-refractivity contribution is 0.669. The molecule has 0 radical (unpaired) electrons. The summed E-state index contributed by atoms with van der Waals surface area (Å²) in [5.74, 6) is 0. The van der Waals surface area contributed by atoms with E-state index in [9.17, 15) is 0 Å². The second-order valence-corrected chi connectivity index (χ2v) is 13.3. The van der Waals surface area contributed by atoms with Crippen molar-refractivity contribution >= 4 is 93.1 Å². The van der Waals surface area contributed by atoms with Crippen LogP contribution in [0.4, 0.5) is 17.1 Å². The molecule has 9 aromatic carbocycles. The van der Waals surface area contributed by atoms with Crippen molar-refractivity contribution in [1.82, 2.24) is 4.57 Å². The number of nitrogens with zero attached hydrogens (tertiary/aromatic N) is 2. The van der Waals surface area contributed by atoms with Gasteiger partial charge in [-0.2, -0.15) is 0 Å². The van der Waals surface area contributed by atoms with E-state index in [4.69, 9.17) is 4.42 Å². The van der Waals surface area contributed by atoms with Crippen LogP contribution in [0.5, 0.6) is 0 Å². The van der Waals surface area contributed by atoms with Gasteiger partial charge in [0.2, 0.25) is 0 Å². The number of benzene rings is 9. The Balaban J connectivity index is 1.18. The van der Waals surface area contributed by atoms with Crippen LogP contribution in [0, 0.1) is 0 Å². The third-order valence-corrected chi connectivity index (χ3v) is 10.5. The molecule has 238 valence electrons. The normalized spacial score (nSPS) is 11.9. The molecule has 0 aliphatic rings. The molecule has 0 amide bonds. The zero-order valence-electron chi connectivity index (χ0n) is 27.6. The van der Waals surface area contributed by atoms with Gasteiger partial charge in [0.15, 0.2) is 5.58 Å². The van der Waals surface area contributed by atoms with Crippen LogP contribution in [-0.4, -0.2) is 4.57 Å². The minimum Gasteiger partial charge on any atom is -0.454 e. The zero-order chi connectivity index (χ0) is 33.5. The first kappa shape index (κ1) is 28.0. The van der Waals surface area contributed by atoms with Crippen LogP contribution in [0.2, 0.25) is 0 Å². The molecule has 3 nitrogen and oxygen atoms in total. The molecule has 3 heteroatoms. The van der Waals surface area contributed by atoms with Gasteiger partial charge in [0.05, 0.1) is 16.7 Å². The molecule has 0 spiro atoms. The Kier molecular flexibility index (Phi) is 5.96. The standard InChI is InChI=1S/C48H30N2O/c1-2-12-33(13-3-1)50-44-18-8-6-15-40(44)43-30-35(24-28-45(43)50)49(46-19-10-17-42-41-16-7-9-20-47(41)51-48(42)46)34-23-27-37-32(29-34)22-26-38-36-14-5-4-11-31(36)21-25-39(37)38/h1-30H. The highest BCUT2D eigenvalue weighted by molar-refractivity contribution is 6.18. The fraction of sp³-hybridized carbons (Fsp3) is 0. The van der Waals surface area contributed by atoms with Crippen molar-refractivity contribution in [2.75, 3.05) is 4.90 Å². The molecule has 11 rings (SSSR count). The van der Waals surface area contributed by atoms with Gasteiger partial charge in [-0.1, -0.05) is 121 Å². The van der Waals surface area contributed by atoms with Crippen molar-refractivity contribution in [3.05, 3.63) is 182 Å². The highest BCUT2D eigenvalue weighted by Gasteiger charge is 2.22. The van der Waals surface area contributed by atoms with Crippen LogP contribution in [0.1, 0.15) is 0 Å². The van der Waals surface area contributed by atoms with Crippen molar-refractivity contribution in [1.29, 1.82) is 0 Å². The summed E-state index contributed by atoms with van der Waals surface area (Å²) in [5, 5.41) is 12.2. The van der Waals surface area contributed by atoms with Crippen molar-refractivity contribution in [3.8, 4) is 5.69 Å². The Bertz CT molecular complexity index is 3150. The fourth-order valence-electron chi connectivity index (χ4n) is 8.25. The highest BCUT2D eigenvalue weighted by Crippen LogP contribution is 2.45. The number of furan rings is 1. The fourth-order valence-corrected chi connectivity index (χ4v) is 8.25. The van der Waals surface area contributed by atoms with Gasteiger partial charge in [0.25, 0.3) is 0 Å². The van der Waals surface area contributed by atoms with Gasteiger partial charge in [-0.3, -0.25) is 0 Å². The van der Waals surface area contributed by atoms with Crippen LogP contribution in [0.15, 0.2) is 186 Å². The second-order valence-electron chi connectivity index (χ2n) is 13.3. The van der Waals surface area contributed by atoms with E-state index in [1.807, 2.05) is 6.07 Å². The summed E-state index contributed by atoms with van der Waals surface area (Å²) in [5.41, 5.74) is 8.40. The third kappa shape index (κ3) is 4.19. The predicted octanol–water partition coefficient (Wildman–Crippen LogP) is 13.6. The van der Waals surface area contributed by atoms with E-state index < -0.39 is 0 Å². The van der Waals surface area contributed by atoms with E-state index >= 15 is 0 Å². The lowest BCUT2D eigenvalue weighted by Gasteiger charge is -2.26. The summed E-state index contributed by atoms with van der Waals surface area (Å²) in [6.07, 6.45) is 0. The quantitative estimate of drug-likeness (QED) is 0.177. The molecular weight excluding hydrogens is 621 g/mol. The van der Waals surface area contributed by atoms with Crippen molar-refractivity contribution in [3.63, 3.8) is 0 Å². The summed E-state index contributed by atoms with van der Waals surface area (Å²) < 4.78 is 9.03. The third-order valence-electron chi connectivity index (χ3n) is 10.5. The minimum absolute atomic E-state index is 0.871. The summed E-state index contributed by atoms with van der Waals surface area (Å²) in [6.45, 7) is 0. The number of hydrogen-bond donors (Lipinski definition) is 0. The molecule has 0 aliphatic carbocycles. The van der Waals surface area contributed by atoms with E-state index in [-0.39, 0.29) is 0 Å². The van der Waals surface area contributed by atoms with Crippen LogP contribution in [-0.2, 0) is 0 Å². The Morgan fingerprint density at radius 1 is 0.373 bits per heavy atom. The lowest BCUT2D eigenvalue weighted by Crippen LogP contribution is -2.10. The first-order valence-electron chi connectivity index (χ1n) is 17.4. The van der Waals surface area contributed by atoms with E-state index in [0.29, 0.717) is 0 Å². The number of rotatable bonds is 4. The molecule has 0 saturated heterocycles. The average Bonchev–Trinajstić information content (AvgIpc) is 3.74. The Morgan fingerprint density at radius 3 is 1.88 bits per heavy atom. The monoisotopic (exact) mass is 650 g/mol. The molecule has 51 heavy (non-hydrogen) atoms. The second kappa shape index (κ2) is 10.8. The number of aromatic nitrogens is 1. The summed E-state index contributed by atoms with van der Waals surface area (Å²) in [6, 6.07) is 65.5. The molecule has 2 heterocycles. The number of para-hydroxylation sites is 4. The zero-order valence-corrected chi connectivity index (χ0v) is 27.6. The summed E-state index contributed by atoms with van der Waals surface area (Å²) in [7, 11) is 0. The number of anilines is 3. The van der Waals surface area contributed by atoms with Gasteiger partial charge >= 0.3 is 0 Å². The lowest BCUT2D eigenvalue weighted by atomic mass is 9.96. The molecule has 0 aliphatic heterocycles. The molecule has 0 fully saturated rings. The van der Waals surface area contributed by atoms with Gasteiger partial charge < -0.3 is 13.9 Å². The molecular formula is C48H30N2O. The van der Waals surface area contributed by atoms with Gasteiger partial charge in [-0.15, -0.1) is 0 Å². The van der Waals surface area contributed by atoms with Crippen LogP contribution < -0.4 is 4.90 Å². The van der Waals surface area contributed by atoms with E-state index in [0.717, 1.165) is 44.7 Å². The Labute approximate surface area is 293 Å². The van der Waals surface area contributed by atoms with Crippen LogP contribution >= 0.6 is 0 Å². The summed E-state index contributed by atoms with van der Waals surface area (Å²) in [4.78, 5) is 2.36. The molecule has 0 saturated carbocycles. The highest BCUT2D eigenvalue weighted by atomic mass is 16.3. The Hall–Kier alpha value is -6.84. The van der Waals surface area contributed by atoms with E-state index in [1.54, 1.807) is 0 Å². The van der Waals surface area contributed by atoms with Crippen molar-refractivity contribution in [2.45, 2.75) is 0 Å². The van der Waals surface area contributed by atoms with Crippen LogP contribution in [0.25, 0.3) is 81.7 Å². The maximum absolute atomic E-state index is 6.67. The topological polar surface area (TPSA) is 21.3 Å². The minimum atomic E-state index is 0.871. The van der Waals surface area contributed by atoms with E-state index in [2.05, 4.69) is 185 Å². The Morgan fingerprint density at radius 2 is 1.00 bits per heavy atom. The molecule has 0 bridgehead atoms. The number of fused-ring (bicyclic) bond motifs is 11. The van der Waals surface area contributed by atoms with E-state index in [1.165, 1.54) is 54.1 Å². The largest absolute Gasteiger partial charge is 0.454 e. The predicted molar refractivity (Wildman–Crippen MR) is 215 cm³/mol. The smallest absolute Gasteiger partial charge is 0.159 e. The maximum Gasteiger partial charge on any atom is 0.159 e. The molecule has 0 unspecified atom stereocenters. The van der Waals surface area contributed by atoms with Gasteiger partial charge in [0, 0.05) is 38.6 Å². The van der Waals surface area contributed by atoms with Gasteiger partial charge in [-0.05, 0) is 93.0 Å². The van der Waals surface area contributed by atoms with Gasteiger partial charge in [0.1, 0.15) is 5.58 Å². The molecule has 0 N–H and O–H groups in total. The SMILES string of the molecule is c1ccc(-n2c3ccccc3c3cc(N(c4ccc5c(ccc6c7ccccc7ccc56)c4)c4cccc5c4oc4ccccc45)ccc32)cc1. The number of hydrogen-bond acceptors (Lipinski definition) is 2. The molecule has 0 atom stereocenters. The maximum atomic E-state index is 6.67. The van der Waals surface area contributed by atoms with Crippen molar-refractivity contribution < 1.29 is 4.42 Å². The molecule has 11 aromatic rings. The first-order valence-corrected chi connectivity index (χ1v) is 17.4.